The number of aromatic nitrogens is 3. The molecule has 3 heterocycles. The van der Waals surface area contributed by atoms with Gasteiger partial charge in [-0.05, 0) is 12.8 Å². The molecule has 1 aliphatic heterocycles. The molecule has 0 unspecified atom stereocenters. The minimum Gasteiger partial charge on any atom is -0.340 e. The lowest BCUT2D eigenvalue weighted by molar-refractivity contribution is -0.384. The lowest BCUT2D eigenvalue weighted by atomic mass is 10.2. The molecule has 1 fully saturated rings. The van der Waals surface area contributed by atoms with Crippen LogP contribution in [0.1, 0.15) is 50.4 Å². The van der Waals surface area contributed by atoms with Crippen LogP contribution in [-0.2, 0) is 0 Å². The molecule has 0 amide bonds. The van der Waals surface area contributed by atoms with E-state index in [1.54, 1.807) is 0 Å². The predicted molar refractivity (Wildman–Crippen MR) is 83.6 cm³/mol. The first-order valence-corrected chi connectivity index (χ1v) is 7.75. The highest BCUT2D eigenvalue weighted by Gasteiger charge is 2.35. The van der Waals surface area contributed by atoms with Crippen LogP contribution in [0.15, 0.2) is 16.8 Å². The smallest absolute Gasteiger partial charge is 0.313 e. The van der Waals surface area contributed by atoms with Crippen LogP contribution in [0.4, 0.5) is 11.5 Å². The van der Waals surface area contributed by atoms with Crippen molar-refractivity contribution >= 4 is 23.1 Å². The summed E-state index contributed by atoms with van der Waals surface area (Å²) in [5.41, 5.74) is -0.114. The summed E-state index contributed by atoms with van der Waals surface area (Å²) in [4.78, 5) is 21.3. The molecular formula is C14H16ClN5O3. The van der Waals surface area contributed by atoms with Gasteiger partial charge < -0.3 is 9.42 Å². The van der Waals surface area contributed by atoms with Gasteiger partial charge in [-0.15, -0.1) is 0 Å². The summed E-state index contributed by atoms with van der Waals surface area (Å²) in [6, 6.07) is 1.13. The van der Waals surface area contributed by atoms with E-state index in [4.69, 9.17) is 16.1 Å². The Morgan fingerprint density at radius 1 is 1.52 bits per heavy atom. The summed E-state index contributed by atoms with van der Waals surface area (Å²) in [6.45, 7) is 4.58. The van der Waals surface area contributed by atoms with Gasteiger partial charge in [0.2, 0.25) is 11.7 Å². The van der Waals surface area contributed by atoms with Crippen LogP contribution in [0, 0.1) is 10.1 Å². The second kappa shape index (κ2) is 6.11. The molecule has 122 valence electrons. The van der Waals surface area contributed by atoms with Gasteiger partial charge in [-0.2, -0.15) is 4.98 Å². The molecule has 3 rings (SSSR count). The first-order chi connectivity index (χ1) is 11.0. The van der Waals surface area contributed by atoms with E-state index >= 15 is 0 Å². The zero-order valence-electron chi connectivity index (χ0n) is 12.8. The number of halogens is 1. The van der Waals surface area contributed by atoms with Crippen LogP contribution >= 0.6 is 11.6 Å². The quantitative estimate of drug-likeness (QED) is 0.622. The standard InChI is InChI=1S/C14H16ClN5O3/c1-8(2)14-17-12(18-23-14)10-4-3-5-19(10)13-11(20(21)22)6-9(15)7-16-13/h6-8,10H,3-5H2,1-2H3/t10-/m0/s1. The van der Waals surface area contributed by atoms with Gasteiger partial charge in [-0.3, -0.25) is 10.1 Å². The van der Waals surface area contributed by atoms with Crippen molar-refractivity contribution in [1.82, 2.24) is 15.1 Å². The molecule has 0 spiro atoms. The summed E-state index contributed by atoms with van der Waals surface area (Å²) in [5.74, 6) is 1.52. The largest absolute Gasteiger partial charge is 0.340 e. The topological polar surface area (TPSA) is 98.2 Å². The number of hydrogen-bond donors (Lipinski definition) is 0. The molecule has 0 aliphatic carbocycles. The van der Waals surface area contributed by atoms with Crippen LogP contribution in [0.25, 0.3) is 0 Å². The van der Waals surface area contributed by atoms with Crippen molar-refractivity contribution in [2.24, 2.45) is 0 Å². The number of pyridine rings is 1. The van der Waals surface area contributed by atoms with Crippen LogP contribution in [0.5, 0.6) is 0 Å². The Morgan fingerprint density at radius 3 is 2.96 bits per heavy atom. The van der Waals surface area contributed by atoms with Crippen molar-refractivity contribution in [2.75, 3.05) is 11.4 Å². The molecule has 0 N–H and O–H groups in total. The van der Waals surface area contributed by atoms with Gasteiger partial charge in [-0.1, -0.05) is 30.6 Å². The van der Waals surface area contributed by atoms with Crippen LogP contribution in [0.3, 0.4) is 0 Å². The minimum absolute atomic E-state index is 0.114. The van der Waals surface area contributed by atoms with E-state index in [0.717, 1.165) is 12.8 Å². The maximum atomic E-state index is 11.3. The Morgan fingerprint density at radius 2 is 2.30 bits per heavy atom. The van der Waals surface area contributed by atoms with Crippen molar-refractivity contribution in [3.63, 3.8) is 0 Å². The van der Waals surface area contributed by atoms with E-state index in [-0.39, 0.29) is 28.5 Å². The fraction of sp³-hybridized carbons (Fsp3) is 0.500. The highest BCUT2D eigenvalue weighted by molar-refractivity contribution is 6.30. The van der Waals surface area contributed by atoms with Crippen LogP contribution in [-0.4, -0.2) is 26.6 Å². The van der Waals surface area contributed by atoms with Gasteiger partial charge in [0.15, 0.2) is 5.82 Å². The lowest BCUT2D eigenvalue weighted by Crippen LogP contribution is -2.25. The molecule has 0 aromatic carbocycles. The third-order valence-electron chi connectivity index (χ3n) is 3.78. The van der Waals surface area contributed by atoms with Gasteiger partial charge >= 0.3 is 5.69 Å². The van der Waals surface area contributed by atoms with Crippen LogP contribution < -0.4 is 4.90 Å². The molecule has 0 bridgehead atoms. The van der Waals surface area contributed by atoms with Gasteiger partial charge in [0.05, 0.1) is 16.0 Å². The normalized spacial score (nSPS) is 17.9. The average molecular weight is 338 g/mol. The molecule has 9 heteroatoms. The molecule has 1 atom stereocenters. The predicted octanol–water partition coefficient (Wildman–Crippen LogP) is 3.49. The van der Waals surface area contributed by atoms with E-state index in [1.807, 2.05) is 18.7 Å². The average Bonchev–Trinajstić information content (AvgIpc) is 3.15. The van der Waals surface area contributed by atoms with Crippen molar-refractivity contribution in [2.45, 2.75) is 38.6 Å². The fourth-order valence-electron chi connectivity index (χ4n) is 2.68. The van der Waals surface area contributed by atoms with E-state index in [1.165, 1.54) is 12.3 Å². The van der Waals surface area contributed by atoms with E-state index in [0.29, 0.717) is 18.3 Å². The molecule has 2 aromatic heterocycles. The molecule has 8 nitrogen and oxygen atoms in total. The van der Waals surface area contributed by atoms with E-state index < -0.39 is 4.92 Å². The van der Waals surface area contributed by atoms with Gasteiger partial charge in [0.25, 0.3) is 0 Å². The summed E-state index contributed by atoms with van der Waals surface area (Å²) >= 11 is 5.83. The van der Waals surface area contributed by atoms with Crippen molar-refractivity contribution in [3.05, 3.63) is 39.1 Å². The Balaban J connectivity index is 1.97. The monoisotopic (exact) mass is 337 g/mol. The molecule has 2 aromatic rings. The highest BCUT2D eigenvalue weighted by Crippen LogP contribution is 2.39. The first-order valence-electron chi connectivity index (χ1n) is 7.37. The summed E-state index contributed by atoms with van der Waals surface area (Å²) in [5, 5.41) is 15.6. The van der Waals surface area contributed by atoms with Gasteiger partial charge in [0.1, 0.15) is 0 Å². The number of nitrogens with zero attached hydrogens (tertiary/aromatic N) is 5. The van der Waals surface area contributed by atoms with Crippen molar-refractivity contribution in [1.29, 1.82) is 0 Å². The molecule has 23 heavy (non-hydrogen) atoms. The molecule has 0 radical (unpaired) electrons. The Kier molecular flexibility index (Phi) is 4.16. The highest BCUT2D eigenvalue weighted by atomic mass is 35.5. The number of rotatable bonds is 4. The molecular weight excluding hydrogens is 322 g/mol. The number of nitro groups is 1. The van der Waals surface area contributed by atoms with Gasteiger partial charge in [-0.25, -0.2) is 4.98 Å². The molecule has 1 aliphatic rings. The number of hydrogen-bond acceptors (Lipinski definition) is 7. The zero-order chi connectivity index (χ0) is 16.6. The molecule has 0 saturated carbocycles. The first kappa shape index (κ1) is 15.7. The van der Waals surface area contributed by atoms with Gasteiger partial charge in [0, 0.05) is 24.7 Å². The minimum atomic E-state index is -0.473. The third-order valence-corrected chi connectivity index (χ3v) is 3.99. The zero-order valence-corrected chi connectivity index (χ0v) is 13.5. The Labute approximate surface area is 137 Å². The summed E-state index contributed by atoms with van der Waals surface area (Å²) < 4.78 is 5.26. The third kappa shape index (κ3) is 2.98. The summed E-state index contributed by atoms with van der Waals surface area (Å²) in [6.07, 6.45) is 3.07. The Bertz CT molecular complexity index is 733. The SMILES string of the molecule is CC(C)c1nc([C@@H]2CCCN2c2ncc(Cl)cc2[N+](=O)[O-])no1. The summed E-state index contributed by atoms with van der Waals surface area (Å²) in [7, 11) is 0. The maximum absolute atomic E-state index is 11.3. The van der Waals surface area contributed by atoms with E-state index in [9.17, 15) is 10.1 Å². The fourth-order valence-corrected chi connectivity index (χ4v) is 2.83. The van der Waals surface area contributed by atoms with Crippen LogP contribution in [0.2, 0.25) is 5.02 Å². The second-order valence-electron chi connectivity index (χ2n) is 5.75. The molecule has 1 saturated heterocycles. The number of anilines is 1. The van der Waals surface area contributed by atoms with Crippen molar-refractivity contribution in [3.8, 4) is 0 Å². The maximum Gasteiger partial charge on any atom is 0.313 e. The van der Waals surface area contributed by atoms with E-state index in [2.05, 4.69) is 15.1 Å². The van der Waals surface area contributed by atoms with Crippen molar-refractivity contribution < 1.29 is 9.45 Å². The second-order valence-corrected chi connectivity index (χ2v) is 6.19. The lowest BCUT2D eigenvalue weighted by Gasteiger charge is -2.22. The Hall–Kier alpha value is -2.22.